The fourth-order valence-corrected chi connectivity index (χ4v) is 4.04. The normalized spacial score (nSPS) is 16.3. The van der Waals surface area contributed by atoms with Gasteiger partial charge in [0, 0.05) is 13.1 Å². The summed E-state index contributed by atoms with van der Waals surface area (Å²) >= 11 is 1.49. The molecule has 0 bridgehead atoms. The van der Waals surface area contributed by atoms with Crippen LogP contribution in [0.3, 0.4) is 0 Å². The number of rotatable bonds is 3. The summed E-state index contributed by atoms with van der Waals surface area (Å²) in [6, 6.07) is 12.2. The molecule has 6 heteroatoms. The lowest BCUT2D eigenvalue weighted by atomic mass is 10.2. The molecule has 0 aliphatic carbocycles. The molecular formula is C17H18N4OS. The predicted octanol–water partition coefficient (Wildman–Crippen LogP) is 2.99. The lowest BCUT2D eigenvalue weighted by molar-refractivity contribution is -0.129. The molecule has 23 heavy (non-hydrogen) atoms. The minimum absolute atomic E-state index is 0.153. The Hall–Kier alpha value is -2.08. The van der Waals surface area contributed by atoms with Crippen molar-refractivity contribution in [3.05, 3.63) is 36.4 Å². The van der Waals surface area contributed by atoms with Crippen molar-refractivity contribution in [3.8, 4) is 0 Å². The summed E-state index contributed by atoms with van der Waals surface area (Å²) in [5, 5.41) is 10.3. The van der Waals surface area contributed by atoms with Gasteiger partial charge in [-0.3, -0.25) is 9.20 Å². The number of nitrogens with zero attached hydrogens (tertiary/aromatic N) is 4. The topological polar surface area (TPSA) is 50.5 Å². The van der Waals surface area contributed by atoms with Crippen LogP contribution in [0.4, 0.5) is 0 Å². The number of carbonyl (C=O) groups excluding carboxylic acids is 1. The maximum absolute atomic E-state index is 12.5. The van der Waals surface area contributed by atoms with E-state index < -0.39 is 0 Å². The molecular weight excluding hydrogens is 308 g/mol. The number of amides is 1. The molecule has 1 atom stereocenters. The molecule has 0 spiro atoms. The van der Waals surface area contributed by atoms with Crippen molar-refractivity contribution < 1.29 is 4.79 Å². The zero-order valence-corrected chi connectivity index (χ0v) is 13.8. The van der Waals surface area contributed by atoms with Gasteiger partial charge in [-0.25, -0.2) is 0 Å². The number of benzene rings is 1. The highest BCUT2D eigenvalue weighted by atomic mass is 32.2. The number of likely N-dealkylation sites (tertiary alicyclic amines) is 1. The number of hydrogen-bond acceptors (Lipinski definition) is 4. The Labute approximate surface area is 138 Å². The third-order valence-electron chi connectivity index (χ3n) is 4.30. The lowest BCUT2D eigenvalue weighted by Gasteiger charge is -2.19. The molecule has 1 amide bonds. The van der Waals surface area contributed by atoms with E-state index >= 15 is 0 Å². The molecule has 1 fully saturated rings. The van der Waals surface area contributed by atoms with Crippen LogP contribution in [0, 0.1) is 0 Å². The average Bonchev–Trinajstić information content (AvgIpc) is 3.24. The van der Waals surface area contributed by atoms with Gasteiger partial charge in [-0.1, -0.05) is 30.0 Å². The first kappa shape index (κ1) is 14.5. The fraction of sp³-hybridized carbons (Fsp3) is 0.353. The highest BCUT2D eigenvalue weighted by molar-refractivity contribution is 8.00. The molecule has 118 valence electrons. The molecule has 2 aromatic heterocycles. The third-order valence-corrected chi connectivity index (χ3v) is 5.33. The molecule has 0 radical (unpaired) electrons. The Kier molecular flexibility index (Phi) is 3.69. The van der Waals surface area contributed by atoms with Crippen LogP contribution >= 0.6 is 11.8 Å². The largest absolute Gasteiger partial charge is 0.342 e. The van der Waals surface area contributed by atoms with Gasteiger partial charge in [-0.15, -0.1) is 10.2 Å². The molecule has 0 N–H and O–H groups in total. The van der Waals surface area contributed by atoms with Crippen molar-refractivity contribution in [2.75, 3.05) is 13.1 Å². The third kappa shape index (κ3) is 2.57. The summed E-state index contributed by atoms with van der Waals surface area (Å²) < 4.78 is 2.04. The van der Waals surface area contributed by atoms with Crippen LogP contribution in [-0.4, -0.2) is 43.7 Å². The Morgan fingerprint density at radius 3 is 2.74 bits per heavy atom. The summed E-state index contributed by atoms with van der Waals surface area (Å²) in [4.78, 5) is 14.5. The zero-order valence-electron chi connectivity index (χ0n) is 13.0. The molecule has 0 unspecified atom stereocenters. The lowest BCUT2D eigenvalue weighted by Crippen LogP contribution is -2.34. The summed E-state index contributed by atoms with van der Waals surface area (Å²) in [7, 11) is 0. The predicted molar refractivity (Wildman–Crippen MR) is 91.6 cm³/mol. The van der Waals surface area contributed by atoms with Crippen LogP contribution in [0.1, 0.15) is 19.8 Å². The minimum atomic E-state index is -0.153. The highest BCUT2D eigenvalue weighted by Gasteiger charge is 2.25. The van der Waals surface area contributed by atoms with Gasteiger partial charge in [0.1, 0.15) is 0 Å². The van der Waals surface area contributed by atoms with E-state index in [0.29, 0.717) is 0 Å². The smallest absolute Gasteiger partial charge is 0.235 e. The van der Waals surface area contributed by atoms with Gasteiger partial charge in [-0.2, -0.15) is 0 Å². The van der Waals surface area contributed by atoms with Gasteiger partial charge in [-0.05, 0) is 43.4 Å². The number of carbonyl (C=O) groups is 1. The number of thioether (sulfide) groups is 1. The molecule has 1 aromatic carbocycles. The second kappa shape index (κ2) is 5.85. The Balaban J connectivity index is 1.68. The van der Waals surface area contributed by atoms with Gasteiger partial charge in [0.25, 0.3) is 0 Å². The van der Waals surface area contributed by atoms with Crippen LogP contribution in [0.25, 0.3) is 16.6 Å². The first-order valence-corrected chi connectivity index (χ1v) is 8.80. The number of para-hydroxylation sites is 1. The van der Waals surface area contributed by atoms with Gasteiger partial charge in [0.2, 0.25) is 5.91 Å². The van der Waals surface area contributed by atoms with E-state index in [0.717, 1.165) is 47.6 Å². The summed E-state index contributed by atoms with van der Waals surface area (Å²) in [5.41, 5.74) is 1.88. The molecule has 1 aliphatic rings. The first-order valence-electron chi connectivity index (χ1n) is 7.92. The van der Waals surface area contributed by atoms with Crippen LogP contribution < -0.4 is 0 Å². The van der Waals surface area contributed by atoms with Crippen molar-refractivity contribution in [1.82, 2.24) is 19.5 Å². The van der Waals surface area contributed by atoms with E-state index in [9.17, 15) is 4.79 Å². The van der Waals surface area contributed by atoms with Crippen molar-refractivity contribution >= 4 is 34.2 Å². The van der Waals surface area contributed by atoms with Crippen LogP contribution in [-0.2, 0) is 4.79 Å². The van der Waals surface area contributed by atoms with Gasteiger partial charge in [0.15, 0.2) is 10.8 Å². The SMILES string of the molecule is C[C@@H](Sc1nnc2ccc3ccccc3n12)C(=O)N1CCCC1. The molecule has 4 rings (SSSR count). The Morgan fingerprint density at radius 1 is 1.13 bits per heavy atom. The molecule has 3 heterocycles. The van der Waals surface area contributed by atoms with Crippen molar-refractivity contribution in [2.45, 2.75) is 30.2 Å². The number of fused-ring (bicyclic) bond motifs is 3. The van der Waals surface area contributed by atoms with E-state index in [4.69, 9.17) is 0 Å². The maximum atomic E-state index is 12.5. The minimum Gasteiger partial charge on any atom is -0.342 e. The summed E-state index contributed by atoms with van der Waals surface area (Å²) in [6.45, 7) is 3.72. The quantitative estimate of drug-likeness (QED) is 0.694. The molecule has 1 aliphatic heterocycles. The Bertz CT molecular complexity index is 869. The van der Waals surface area contributed by atoms with E-state index in [1.54, 1.807) is 0 Å². The average molecular weight is 326 g/mol. The van der Waals surface area contributed by atoms with Crippen LogP contribution in [0.5, 0.6) is 0 Å². The fourth-order valence-electron chi connectivity index (χ4n) is 3.09. The molecule has 0 saturated carbocycles. The van der Waals surface area contributed by atoms with Gasteiger partial charge in [0.05, 0.1) is 10.8 Å². The van der Waals surface area contributed by atoms with Crippen molar-refractivity contribution in [2.24, 2.45) is 0 Å². The summed E-state index contributed by atoms with van der Waals surface area (Å²) in [6.07, 6.45) is 2.23. The number of pyridine rings is 1. The zero-order chi connectivity index (χ0) is 15.8. The van der Waals surface area contributed by atoms with Crippen molar-refractivity contribution in [3.63, 3.8) is 0 Å². The summed E-state index contributed by atoms with van der Waals surface area (Å²) in [5.74, 6) is 0.199. The highest BCUT2D eigenvalue weighted by Crippen LogP contribution is 2.27. The second-order valence-electron chi connectivity index (χ2n) is 5.86. The first-order chi connectivity index (χ1) is 11.2. The van der Waals surface area contributed by atoms with Crippen LogP contribution in [0.15, 0.2) is 41.6 Å². The second-order valence-corrected chi connectivity index (χ2v) is 7.17. The molecule has 1 saturated heterocycles. The van der Waals surface area contributed by atoms with E-state index in [-0.39, 0.29) is 11.2 Å². The van der Waals surface area contributed by atoms with E-state index in [1.165, 1.54) is 11.8 Å². The van der Waals surface area contributed by atoms with Crippen LogP contribution in [0.2, 0.25) is 0 Å². The standard InChI is InChI=1S/C17H18N4OS/c1-12(16(22)20-10-4-5-11-20)23-17-19-18-15-9-8-13-6-2-3-7-14(13)21(15)17/h2-3,6-9,12H,4-5,10-11H2,1H3/t12-/m1/s1. The number of hydrogen-bond donors (Lipinski definition) is 0. The van der Waals surface area contributed by atoms with Gasteiger partial charge >= 0.3 is 0 Å². The van der Waals surface area contributed by atoms with Crippen molar-refractivity contribution in [1.29, 1.82) is 0 Å². The maximum Gasteiger partial charge on any atom is 0.235 e. The number of aromatic nitrogens is 3. The molecule has 5 nitrogen and oxygen atoms in total. The Morgan fingerprint density at radius 2 is 1.91 bits per heavy atom. The monoisotopic (exact) mass is 326 g/mol. The van der Waals surface area contributed by atoms with E-state index in [1.807, 2.05) is 40.5 Å². The van der Waals surface area contributed by atoms with E-state index in [2.05, 4.69) is 22.3 Å². The molecule has 3 aromatic rings. The van der Waals surface area contributed by atoms with Gasteiger partial charge < -0.3 is 4.90 Å².